The third kappa shape index (κ3) is 2.78. The van der Waals surface area contributed by atoms with E-state index in [2.05, 4.69) is 25.1 Å². The Morgan fingerprint density at radius 2 is 2.05 bits per heavy atom. The summed E-state index contributed by atoms with van der Waals surface area (Å²) in [5.74, 6) is 0. The van der Waals surface area contributed by atoms with Crippen molar-refractivity contribution in [2.24, 2.45) is 0 Å². The van der Waals surface area contributed by atoms with Crippen LogP contribution < -0.4 is 0 Å². The number of aromatic amines is 1. The van der Waals surface area contributed by atoms with Crippen LogP contribution in [0.2, 0.25) is 0 Å². The molecule has 0 fully saturated rings. The molecule has 2 N–H and O–H groups in total. The summed E-state index contributed by atoms with van der Waals surface area (Å²) in [5.41, 5.74) is 3.26. The van der Waals surface area contributed by atoms with Crippen molar-refractivity contribution < 1.29 is 5.11 Å². The molecule has 0 bridgehead atoms. The molecule has 3 heterocycles. The monoisotopic (exact) mass is 286 g/mol. The molecule has 0 aliphatic rings. The molecule has 110 valence electrons. The number of H-pyrrole nitrogens is 1. The van der Waals surface area contributed by atoms with E-state index in [1.807, 2.05) is 19.2 Å². The summed E-state index contributed by atoms with van der Waals surface area (Å²) in [5, 5.41) is 18.7. The first kappa shape index (κ1) is 13.7. The first-order valence-electron chi connectivity index (χ1n) is 7.10. The van der Waals surface area contributed by atoms with Gasteiger partial charge in [0.05, 0.1) is 12.2 Å². The Kier molecular flexibility index (Phi) is 3.92. The van der Waals surface area contributed by atoms with Crippen LogP contribution in [0.3, 0.4) is 0 Å². The Labute approximate surface area is 122 Å². The van der Waals surface area contributed by atoms with Crippen LogP contribution in [0.25, 0.3) is 22.4 Å². The molecule has 0 aromatic carbocycles. The van der Waals surface area contributed by atoms with Crippen molar-refractivity contribution in [1.29, 1.82) is 0 Å². The zero-order chi connectivity index (χ0) is 14.7. The first-order chi connectivity index (χ1) is 10.3. The van der Waals surface area contributed by atoms with E-state index in [-0.39, 0.29) is 6.61 Å². The van der Waals surface area contributed by atoms with Crippen LogP contribution in [0.4, 0.5) is 0 Å². The molecule has 7 nitrogen and oxygen atoms in total. The Morgan fingerprint density at radius 1 is 1.14 bits per heavy atom. The van der Waals surface area contributed by atoms with Crippen LogP contribution in [-0.2, 0) is 6.54 Å². The van der Waals surface area contributed by atoms with E-state index in [0.717, 1.165) is 53.9 Å². The molecule has 0 saturated carbocycles. The maximum atomic E-state index is 8.79. The van der Waals surface area contributed by atoms with Gasteiger partial charge in [-0.3, -0.25) is 0 Å². The van der Waals surface area contributed by atoms with Crippen LogP contribution in [0.15, 0.2) is 18.6 Å². The molecular weight excluding hydrogens is 268 g/mol. The van der Waals surface area contributed by atoms with Crippen molar-refractivity contribution in [1.82, 2.24) is 29.9 Å². The van der Waals surface area contributed by atoms with Crippen molar-refractivity contribution >= 4 is 11.0 Å². The molecule has 0 spiro atoms. The minimum atomic E-state index is 0.239. The highest BCUT2D eigenvalue weighted by Crippen LogP contribution is 2.24. The average molecular weight is 286 g/mol. The molecule has 3 aromatic heterocycles. The molecule has 0 aliphatic heterocycles. The minimum Gasteiger partial charge on any atom is -0.396 e. The van der Waals surface area contributed by atoms with Gasteiger partial charge < -0.3 is 10.1 Å². The summed E-state index contributed by atoms with van der Waals surface area (Å²) < 4.78 is 0. The maximum Gasteiger partial charge on any atom is 0.141 e. The van der Waals surface area contributed by atoms with E-state index in [9.17, 15) is 0 Å². The largest absolute Gasteiger partial charge is 0.396 e. The Hall–Kier alpha value is -2.28. The summed E-state index contributed by atoms with van der Waals surface area (Å²) >= 11 is 0. The van der Waals surface area contributed by atoms with Gasteiger partial charge in [-0.1, -0.05) is 0 Å². The van der Waals surface area contributed by atoms with Crippen LogP contribution >= 0.6 is 0 Å². The number of aliphatic hydroxyl groups excluding tert-OH is 1. The lowest BCUT2D eigenvalue weighted by molar-refractivity contribution is 0.280. The molecular formula is C14H18N6O. The topological polar surface area (TPSA) is 92.5 Å². The number of rotatable bonds is 6. The Balaban J connectivity index is 1.85. The first-order valence-corrected chi connectivity index (χ1v) is 7.10. The zero-order valence-corrected chi connectivity index (χ0v) is 12.0. The van der Waals surface area contributed by atoms with Crippen LogP contribution in [0.5, 0.6) is 0 Å². The lowest BCUT2D eigenvalue weighted by atomic mass is 10.2. The summed E-state index contributed by atoms with van der Waals surface area (Å²) in [6.07, 6.45) is 6.13. The van der Waals surface area contributed by atoms with Gasteiger partial charge in [0.1, 0.15) is 23.4 Å². The normalized spacial score (nSPS) is 11.3. The molecule has 21 heavy (non-hydrogen) atoms. The van der Waals surface area contributed by atoms with E-state index >= 15 is 0 Å². The predicted molar refractivity (Wildman–Crippen MR) is 78.6 cm³/mol. The molecule has 0 amide bonds. The van der Waals surface area contributed by atoms with Gasteiger partial charge in [-0.2, -0.15) is 15.0 Å². The summed E-state index contributed by atoms with van der Waals surface area (Å²) in [6.45, 7) is 2.93. The molecule has 7 heteroatoms. The van der Waals surface area contributed by atoms with Crippen molar-refractivity contribution in [2.45, 2.75) is 32.7 Å². The van der Waals surface area contributed by atoms with Crippen LogP contribution in [0.1, 0.15) is 25.0 Å². The van der Waals surface area contributed by atoms with Gasteiger partial charge >= 0.3 is 0 Å². The number of fused-ring (bicyclic) bond motifs is 1. The number of aryl methyl sites for hydroxylation is 2. The van der Waals surface area contributed by atoms with Gasteiger partial charge in [0.15, 0.2) is 0 Å². The van der Waals surface area contributed by atoms with Crippen LogP contribution in [0, 0.1) is 6.92 Å². The quantitative estimate of drug-likeness (QED) is 0.673. The van der Waals surface area contributed by atoms with Crippen LogP contribution in [-0.4, -0.2) is 41.7 Å². The SMILES string of the molecule is Cc1nn(CCCCCO)nc1-c1ncnc2[nH]ccc12. The second kappa shape index (κ2) is 6.01. The summed E-state index contributed by atoms with van der Waals surface area (Å²) in [4.78, 5) is 13.3. The number of nitrogens with one attached hydrogen (secondary N) is 1. The van der Waals surface area contributed by atoms with Gasteiger partial charge in [0, 0.05) is 18.2 Å². The number of aliphatic hydroxyl groups is 1. The highest BCUT2D eigenvalue weighted by Gasteiger charge is 2.14. The minimum absolute atomic E-state index is 0.239. The molecule has 0 radical (unpaired) electrons. The zero-order valence-electron chi connectivity index (χ0n) is 12.0. The van der Waals surface area contributed by atoms with Crippen molar-refractivity contribution in [2.75, 3.05) is 6.61 Å². The van der Waals surface area contributed by atoms with E-state index in [1.54, 1.807) is 4.80 Å². The van der Waals surface area contributed by atoms with Gasteiger partial charge in [-0.25, -0.2) is 9.97 Å². The lowest BCUT2D eigenvalue weighted by Crippen LogP contribution is -2.03. The van der Waals surface area contributed by atoms with Crippen molar-refractivity contribution in [3.05, 3.63) is 24.3 Å². The van der Waals surface area contributed by atoms with Gasteiger partial charge in [0.25, 0.3) is 0 Å². The average Bonchev–Trinajstić information content (AvgIpc) is 3.09. The lowest BCUT2D eigenvalue weighted by Gasteiger charge is -1.99. The molecule has 0 aliphatic carbocycles. The maximum absolute atomic E-state index is 8.79. The van der Waals surface area contributed by atoms with Crippen molar-refractivity contribution in [3.8, 4) is 11.4 Å². The van der Waals surface area contributed by atoms with Crippen molar-refractivity contribution in [3.63, 3.8) is 0 Å². The summed E-state index contributed by atoms with van der Waals surface area (Å²) in [6, 6.07) is 1.95. The predicted octanol–water partition coefficient (Wildman–Crippen LogP) is 1.69. The van der Waals surface area contributed by atoms with Gasteiger partial charge in [0.2, 0.25) is 0 Å². The fourth-order valence-electron chi connectivity index (χ4n) is 2.35. The fraction of sp³-hybridized carbons (Fsp3) is 0.429. The molecule has 3 rings (SSSR count). The number of hydrogen-bond donors (Lipinski definition) is 2. The molecule has 0 saturated heterocycles. The fourth-order valence-corrected chi connectivity index (χ4v) is 2.35. The second-order valence-electron chi connectivity index (χ2n) is 4.98. The number of unbranched alkanes of at least 4 members (excludes halogenated alkanes) is 2. The van der Waals surface area contributed by atoms with E-state index < -0.39 is 0 Å². The third-order valence-corrected chi connectivity index (χ3v) is 3.42. The van der Waals surface area contributed by atoms with E-state index in [1.165, 1.54) is 6.33 Å². The number of nitrogens with zero attached hydrogens (tertiary/aromatic N) is 5. The Morgan fingerprint density at radius 3 is 2.90 bits per heavy atom. The number of aromatic nitrogens is 6. The molecule has 3 aromatic rings. The highest BCUT2D eigenvalue weighted by molar-refractivity contribution is 5.89. The van der Waals surface area contributed by atoms with E-state index in [4.69, 9.17) is 5.11 Å². The summed E-state index contributed by atoms with van der Waals surface area (Å²) in [7, 11) is 0. The standard InChI is InChI=1S/C14H18N6O/c1-10-12(19-20(18-10)7-3-2-4-8-21)13-11-5-6-15-14(11)17-9-16-13/h5-6,9,21H,2-4,7-8H2,1H3,(H,15,16,17). The highest BCUT2D eigenvalue weighted by atomic mass is 16.2. The number of hydrogen-bond acceptors (Lipinski definition) is 5. The molecule has 0 unspecified atom stereocenters. The second-order valence-corrected chi connectivity index (χ2v) is 4.98. The van der Waals surface area contributed by atoms with Gasteiger partial charge in [-0.15, -0.1) is 0 Å². The Bertz CT molecular complexity index is 732. The smallest absolute Gasteiger partial charge is 0.141 e. The van der Waals surface area contributed by atoms with Gasteiger partial charge in [-0.05, 0) is 32.3 Å². The van der Waals surface area contributed by atoms with E-state index in [0.29, 0.717) is 0 Å². The third-order valence-electron chi connectivity index (χ3n) is 3.42. The molecule has 0 atom stereocenters.